The van der Waals surface area contributed by atoms with Gasteiger partial charge in [-0.05, 0) is 55.2 Å². The smallest absolute Gasteiger partial charge is 0.276 e. The summed E-state index contributed by atoms with van der Waals surface area (Å²) in [6.45, 7) is 4.37. The van der Waals surface area contributed by atoms with E-state index in [1.807, 2.05) is 0 Å². The van der Waals surface area contributed by atoms with Crippen molar-refractivity contribution in [1.82, 2.24) is 19.7 Å². The second kappa shape index (κ2) is 10.8. The number of amides is 2. The van der Waals surface area contributed by atoms with Gasteiger partial charge in [0.05, 0.1) is 17.8 Å². The van der Waals surface area contributed by atoms with E-state index in [9.17, 15) is 14.0 Å². The Bertz CT molecular complexity index is 1470. The zero-order valence-corrected chi connectivity index (χ0v) is 22.4. The number of hydrogen-bond donors (Lipinski definition) is 1. The van der Waals surface area contributed by atoms with Crippen LogP contribution in [0.25, 0.3) is 0 Å². The van der Waals surface area contributed by atoms with Crippen LogP contribution in [0.4, 0.5) is 14.6 Å². The molecule has 1 aliphatic heterocycles. The third kappa shape index (κ3) is 6.12. The van der Waals surface area contributed by atoms with Crippen LogP contribution in [0.1, 0.15) is 53.4 Å². The first-order valence-electron chi connectivity index (χ1n) is 12.9. The molecule has 2 fully saturated rings. The number of piperidine rings is 1. The summed E-state index contributed by atoms with van der Waals surface area (Å²) >= 11 is 6.28. The lowest BCUT2D eigenvalue weighted by molar-refractivity contribution is -0.135. The lowest BCUT2D eigenvalue weighted by atomic mass is 9.93. The van der Waals surface area contributed by atoms with E-state index < -0.39 is 11.6 Å². The number of alkyl halides is 1. The van der Waals surface area contributed by atoms with Gasteiger partial charge in [0.15, 0.2) is 0 Å². The van der Waals surface area contributed by atoms with Crippen LogP contribution in [-0.2, 0) is 11.3 Å². The summed E-state index contributed by atoms with van der Waals surface area (Å²) in [4.78, 5) is 31.7. The van der Waals surface area contributed by atoms with Gasteiger partial charge in [-0.25, -0.2) is 13.8 Å². The van der Waals surface area contributed by atoms with Crippen molar-refractivity contribution in [3.8, 4) is 11.8 Å². The summed E-state index contributed by atoms with van der Waals surface area (Å²) in [7, 11) is 0. The molecule has 3 heterocycles. The monoisotopic (exact) mass is 551 g/mol. The Labute approximate surface area is 230 Å². The summed E-state index contributed by atoms with van der Waals surface area (Å²) < 4.78 is 30.1. The Balaban J connectivity index is 1.24. The predicted molar refractivity (Wildman–Crippen MR) is 143 cm³/mol. The van der Waals surface area contributed by atoms with Crippen molar-refractivity contribution >= 4 is 29.2 Å². The minimum atomic E-state index is -1.62. The van der Waals surface area contributed by atoms with E-state index in [2.05, 4.69) is 34.2 Å². The Morgan fingerprint density at radius 3 is 2.46 bits per heavy atom. The molecule has 1 N–H and O–H groups in total. The SMILES string of the molecule is Cc1cc(C#Cc2ccc(F)cc2)cnc1NC(=O)c1c(Cl)cnn1CC1(F)CCN(C(=O)C2CC2C)CC1. The van der Waals surface area contributed by atoms with E-state index in [0.29, 0.717) is 41.5 Å². The number of likely N-dealkylation sites (tertiary alicyclic amines) is 1. The van der Waals surface area contributed by atoms with Crippen molar-refractivity contribution in [2.45, 2.75) is 45.3 Å². The first kappa shape index (κ1) is 26.8. The number of aryl methyl sites for hydroxylation is 1. The predicted octanol–water partition coefficient (Wildman–Crippen LogP) is 5.02. The van der Waals surface area contributed by atoms with Crippen LogP contribution in [0.3, 0.4) is 0 Å². The topological polar surface area (TPSA) is 80.1 Å². The summed E-state index contributed by atoms with van der Waals surface area (Å²) in [5.41, 5.74) is 0.379. The average molecular weight is 552 g/mol. The van der Waals surface area contributed by atoms with Gasteiger partial charge < -0.3 is 10.2 Å². The van der Waals surface area contributed by atoms with Crippen LogP contribution in [0.5, 0.6) is 0 Å². The zero-order chi connectivity index (χ0) is 27.7. The highest BCUT2D eigenvalue weighted by Gasteiger charge is 2.44. The molecule has 39 heavy (non-hydrogen) atoms. The standard InChI is InChI=1S/C29H28ClF2N5O2/c1-18-14-23(18)28(39)36-11-9-29(32,10-12-36)17-37-25(24(30)16-34-37)27(38)35-26-19(2)13-21(15-33-26)4-3-20-5-7-22(31)8-6-20/h5-8,13,15-16,18,23H,9-12,14,17H2,1-2H3,(H,33,35,38). The largest absolute Gasteiger partial charge is 0.342 e. The highest BCUT2D eigenvalue weighted by molar-refractivity contribution is 6.34. The molecular formula is C29H28ClF2N5O2. The van der Waals surface area contributed by atoms with Crippen LogP contribution < -0.4 is 5.32 Å². The molecule has 2 atom stereocenters. The fourth-order valence-corrected chi connectivity index (χ4v) is 5.01. The molecule has 0 spiro atoms. The molecular weight excluding hydrogens is 524 g/mol. The molecule has 7 nitrogen and oxygen atoms in total. The average Bonchev–Trinajstić information content (AvgIpc) is 3.54. The van der Waals surface area contributed by atoms with E-state index in [0.717, 1.165) is 6.42 Å². The lowest BCUT2D eigenvalue weighted by Crippen LogP contribution is -2.47. The maximum Gasteiger partial charge on any atom is 0.276 e. The number of hydrogen-bond acceptors (Lipinski definition) is 4. The van der Waals surface area contributed by atoms with Gasteiger partial charge in [-0.1, -0.05) is 30.4 Å². The zero-order valence-electron chi connectivity index (χ0n) is 21.7. The molecule has 2 aliphatic rings. The number of carbonyl (C=O) groups is 2. The number of rotatable bonds is 5. The molecule has 5 rings (SSSR count). The van der Waals surface area contributed by atoms with Crippen molar-refractivity contribution < 1.29 is 18.4 Å². The second-order valence-corrected chi connectivity index (χ2v) is 10.8. The Morgan fingerprint density at radius 1 is 1.15 bits per heavy atom. The summed E-state index contributed by atoms with van der Waals surface area (Å²) in [5.74, 6) is 5.93. The third-order valence-corrected chi connectivity index (χ3v) is 7.62. The van der Waals surface area contributed by atoms with Crippen molar-refractivity contribution in [2.75, 3.05) is 18.4 Å². The van der Waals surface area contributed by atoms with Crippen molar-refractivity contribution in [2.24, 2.45) is 11.8 Å². The van der Waals surface area contributed by atoms with E-state index in [-0.39, 0.29) is 47.7 Å². The van der Waals surface area contributed by atoms with Gasteiger partial charge in [0.25, 0.3) is 5.91 Å². The molecule has 2 amide bonds. The van der Waals surface area contributed by atoms with Crippen LogP contribution in [0, 0.1) is 36.4 Å². The molecule has 1 aliphatic carbocycles. The molecule has 2 unspecified atom stereocenters. The van der Waals surface area contributed by atoms with E-state index in [4.69, 9.17) is 11.6 Å². The van der Waals surface area contributed by atoms with E-state index in [1.54, 1.807) is 30.0 Å². The number of nitrogens with one attached hydrogen (secondary N) is 1. The minimum absolute atomic E-state index is 0.0420. The molecule has 2 aromatic heterocycles. The molecule has 3 aromatic rings. The summed E-state index contributed by atoms with van der Waals surface area (Å²) in [5, 5.41) is 6.99. The highest BCUT2D eigenvalue weighted by atomic mass is 35.5. The van der Waals surface area contributed by atoms with Gasteiger partial charge in [0.2, 0.25) is 5.91 Å². The van der Waals surface area contributed by atoms with Gasteiger partial charge in [-0.3, -0.25) is 14.3 Å². The molecule has 1 saturated heterocycles. The van der Waals surface area contributed by atoms with Gasteiger partial charge in [0, 0.05) is 49.2 Å². The number of pyridine rings is 1. The van der Waals surface area contributed by atoms with Crippen molar-refractivity contribution in [3.63, 3.8) is 0 Å². The van der Waals surface area contributed by atoms with Gasteiger partial charge in [0.1, 0.15) is 23.0 Å². The maximum absolute atomic E-state index is 15.8. The van der Waals surface area contributed by atoms with Crippen LogP contribution in [0.15, 0.2) is 42.7 Å². The highest BCUT2D eigenvalue weighted by Crippen LogP contribution is 2.40. The first-order chi connectivity index (χ1) is 18.6. The number of halogens is 3. The lowest BCUT2D eigenvalue weighted by Gasteiger charge is -2.36. The number of carbonyl (C=O) groups excluding carboxylic acids is 2. The van der Waals surface area contributed by atoms with Crippen LogP contribution >= 0.6 is 11.6 Å². The number of anilines is 1. The van der Waals surface area contributed by atoms with Gasteiger partial charge >= 0.3 is 0 Å². The normalized spacial score (nSPS) is 19.7. The van der Waals surface area contributed by atoms with Gasteiger partial charge in [-0.2, -0.15) is 5.10 Å². The molecule has 202 valence electrons. The maximum atomic E-state index is 15.8. The first-order valence-corrected chi connectivity index (χ1v) is 13.2. The van der Waals surface area contributed by atoms with Crippen LogP contribution in [0.2, 0.25) is 5.02 Å². The Morgan fingerprint density at radius 2 is 1.82 bits per heavy atom. The minimum Gasteiger partial charge on any atom is -0.342 e. The Hall–Kier alpha value is -3.77. The fraction of sp³-hybridized carbons (Fsp3) is 0.379. The Kier molecular flexibility index (Phi) is 7.41. The van der Waals surface area contributed by atoms with E-state index in [1.165, 1.54) is 29.2 Å². The van der Waals surface area contributed by atoms with Crippen LogP contribution in [-0.4, -0.2) is 50.2 Å². The van der Waals surface area contributed by atoms with Gasteiger partial charge in [-0.15, -0.1) is 0 Å². The fourth-order valence-electron chi connectivity index (χ4n) is 4.78. The molecule has 0 radical (unpaired) electrons. The van der Waals surface area contributed by atoms with E-state index >= 15 is 4.39 Å². The molecule has 0 bridgehead atoms. The van der Waals surface area contributed by atoms with Crippen molar-refractivity contribution in [3.05, 3.63) is 75.9 Å². The third-order valence-electron chi connectivity index (χ3n) is 7.35. The molecule has 1 aromatic carbocycles. The number of benzene rings is 1. The molecule has 10 heteroatoms. The number of nitrogens with zero attached hydrogens (tertiary/aromatic N) is 4. The summed E-state index contributed by atoms with van der Waals surface area (Å²) in [6.07, 6.45) is 4.08. The van der Waals surface area contributed by atoms with Crippen molar-refractivity contribution in [1.29, 1.82) is 0 Å². The quantitative estimate of drug-likeness (QED) is 0.452. The summed E-state index contributed by atoms with van der Waals surface area (Å²) in [6, 6.07) is 7.62. The second-order valence-electron chi connectivity index (χ2n) is 10.4. The number of aromatic nitrogens is 3. The molecule has 1 saturated carbocycles.